The molecule has 26 heavy (non-hydrogen) atoms. The number of likely N-dealkylation sites (tertiary alicyclic amines) is 1. The zero-order valence-electron chi connectivity index (χ0n) is 14.4. The predicted molar refractivity (Wildman–Crippen MR) is 88.2 cm³/mol. The normalized spacial score (nSPS) is 18.2. The second-order valence-electron chi connectivity index (χ2n) is 6.76. The minimum Gasteiger partial charge on any atom is -0.441 e. The third-order valence-electron chi connectivity index (χ3n) is 4.78. The third-order valence-corrected chi connectivity index (χ3v) is 4.78. The molecule has 1 aromatic heterocycles. The molecule has 1 aliphatic heterocycles. The van der Waals surface area contributed by atoms with Crippen LogP contribution >= 0.6 is 0 Å². The third kappa shape index (κ3) is 4.08. The standard InChI is InChI=1S/C18H21F3N2O3/c1-12-15(10-23-7-5-17(25,11-24)6-8-23)22-16(26-12)13-3-2-4-14(9-13)18(19,20)21/h2-4,9,24-25H,5-8,10-11H2,1H3. The van der Waals surface area contributed by atoms with Crippen molar-refractivity contribution in [1.82, 2.24) is 9.88 Å². The maximum Gasteiger partial charge on any atom is 0.416 e. The fraction of sp³-hybridized carbons (Fsp3) is 0.500. The summed E-state index contributed by atoms with van der Waals surface area (Å²) in [7, 11) is 0. The van der Waals surface area contributed by atoms with Crippen LogP contribution in [0.1, 0.15) is 29.9 Å². The average Bonchev–Trinajstić information content (AvgIpc) is 2.97. The van der Waals surface area contributed by atoms with Crippen molar-refractivity contribution in [3.8, 4) is 11.5 Å². The Morgan fingerprint density at radius 1 is 1.27 bits per heavy atom. The molecule has 0 saturated carbocycles. The molecule has 1 aliphatic rings. The van der Waals surface area contributed by atoms with Crippen molar-refractivity contribution in [2.45, 2.75) is 38.1 Å². The smallest absolute Gasteiger partial charge is 0.416 e. The summed E-state index contributed by atoms with van der Waals surface area (Å²) in [5.74, 6) is 0.716. The fourth-order valence-electron chi connectivity index (χ4n) is 3.02. The van der Waals surface area contributed by atoms with E-state index in [1.807, 2.05) is 0 Å². The van der Waals surface area contributed by atoms with Crippen molar-refractivity contribution in [1.29, 1.82) is 0 Å². The van der Waals surface area contributed by atoms with Crippen LogP contribution in [0.4, 0.5) is 13.2 Å². The molecular formula is C18H21F3N2O3. The number of aliphatic hydroxyl groups excluding tert-OH is 1. The van der Waals surface area contributed by atoms with Crippen LogP contribution in [0.15, 0.2) is 28.7 Å². The first kappa shape index (κ1) is 18.9. The van der Waals surface area contributed by atoms with Gasteiger partial charge in [0.15, 0.2) is 0 Å². The summed E-state index contributed by atoms with van der Waals surface area (Å²) in [6.45, 7) is 3.15. The van der Waals surface area contributed by atoms with Gasteiger partial charge in [-0.25, -0.2) is 4.98 Å². The molecule has 0 bridgehead atoms. The second-order valence-corrected chi connectivity index (χ2v) is 6.76. The molecule has 8 heteroatoms. The minimum absolute atomic E-state index is 0.160. The van der Waals surface area contributed by atoms with Crippen molar-refractivity contribution in [3.63, 3.8) is 0 Å². The molecule has 1 aromatic carbocycles. The highest BCUT2D eigenvalue weighted by Crippen LogP contribution is 2.32. The monoisotopic (exact) mass is 370 g/mol. The molecule has 0 aliphatic carbocycles. The van der Waals surface area contributed by atoms with E-state index in [0.29, 0.717) is 43.9 Å². The summed E-state index contributed by atoms with van der Waals surface area (Å²) in [4.78, 5) is 6.44. The van der Waals surface area contributed by atoms with Gasteiger partial charge in [0.2, 0.25) is 5.89 Å². The van der Waals surface area contributed by atoms with Gasteiger partial charge in [-0.3, -0.25) is 4.90 Å². The number of piperidine rings is 1. The number of alkyl halides is 3. The predicted octanol–water partition coefficient (Wildman–Crippen LogP) is 2.99. The van der Waals surface area contributed by atoms with E-state index in [2.05, 4.69) is 9.88 Å². The zero-order chi connectivity index (χ0) is 18.9. The highest BCUT2D eigenvalue weighted by atomic mass is 19.4. The Hall–Kier alpha value is -1.90. The topological polar surface area (TPSA) is 69.7 Å². The summed E-state index contributed by atoms with van der Waals surface area (Å²) in [6.07, 6.45) is -3.50. The Bertz CT molecular complexity index is 765. The molecule has 2 heterocycles. The largest absolute Gasteiger partial charge is 0.441 e. The lowest BCUT2D eigenvalue weighted by Crippen LogP contribution is -2.46. The summed E-state index contributed by atoms with van der Waals surface area (Å²) in [5.41, 5.74) is -0.834. The number of aliphatic hydroxyl groups is 2. The van der Waals surface area contributed by atoms with E-state index in [4.69, 9.17) is 4.42 Å². The summed E-state index contributed by atoms with van der Waals surface area (Å²) in [5, 5.41) is 19.3. The van der Waals surface area contributed by atoms with Crippen LogP contribution in [0.2, 0.25) is 0 Å². The Morgan fingerprint density at radius 3 is 2.58 bits per heavy atom. The van der Waals surface area contributed by atoms with Crippen LogP contribution in [0, 0.1) is 6.92 Å². The van der Waals surface area contributed by atoms with Crippen molar-refractivity contribution < 1.29 is 27.8 Å². The van der Waals surface area contributed by atoms with Crippen LogP contribution in [0.25, 0.3) is 11.5 Å². The lowest BCUT2D eigenvalue weighted by atomic mass is 9.92. The number of hydrogen-bond donors (Lipinski definition) is 2. The highest BCUT2D eigenvalue weighted by molar-refractivity contribution is 5.55. The van der Waals surface area contributed by atoms with Crippen LogP contribution in [0.3, 0.4) is 0 Å². The molecule has 0 amide bonds. The van der Waals surface area contributed by atoms with E-state index in [9.17, 15) is 23.4 Å². The van der Waals surface area contributed by atoms with Gasteiger partial charge in [0.05, 0.1) is 23.5 Å². The Labute approximate surface area is 149 Å². The van der Waals surface area contributed by atoms with E-state index >= 15 is 0 Å². The highest BCUT2D eigenvalue weighted by Gasteiger charge is 2.32. The summed E-state index contributed by atoms with van der Waals surface area (Å²) in [6, 6.07) is 4.90. The molecule has 3 rings (SSSR count). The van der Waals surface area contributed by atoms with Crippen LogP contribution in [-0.2, 0) is 12.7 Å². The van der Waals surface area contributed by atoms with Gasteiger partial charge >= 0.3 is 6.18 Å². The molecule has 142 valence electrons. The second kappa shape index (κ2) is 7.02. The Balaban J connectivity index is 1.74. The van der Waals surface area contributed by atoms with Crippen LogP contribution < -0.4 is 0 Å². The summed E-state index contributed by atoms with van der Waals surface area (Å²) < 4.78 is 44.2. The molecule has 0 unspecified atom stereocenters. The molecule has 0 spiro atoms. The maximum atomic E-state index is 12.9. The fourth-order valence-corrected chi connectivity index (χ4v) is 3.02. The van der Waals surface area contributed by atoms with Crippen molar-refractivity contribution in [3.05, 3.63) is 41.3 Å². The minimum atomic E-state index is -4.42. The van der Waals surface area contributed by atoms with Gasteiger partial charge in [-0.1, -0.05) is 6.07 Å². The number of benzene rings is 1. The molecule has 1 saturated heterocycles. The Kier molecular flexibility index (Phi) is 5.09. The van der Waals surface area contributed by atoms with Gasteiger partial charge in [-0.2, -0.15) is 13.2 Å². The van der Waals surface area contributed by atoms with E-state index in [1.54, 1.807) is 6.92 Å². The maximum absolute atomic E-state index is 12.9. The van der Waals surface area contributed by atoms with Crippen molar-refractivity contribution in [2.24, 2.45) is 0 Å². The molecule has 2 aromatic rings. The van der Waals surface area contributed by atoms with E-state index in [1.165, 1.54) is 12.1 Å². The number of oxazole rings is 1. The molecule has 0 radical (unpaired) electrons. The van der Waals surface area contributed by atoms with Gasteiger partial charge in [0.25, 0.3) is 0 Å². The van der Waals surface area contributed by atoms with Crippen LogP contribution in [0.5, 0.6) is 0 Å². The number of halogens is 3. The quantitative estimate of drug-likeness (QED) is 0.866. The Morgan fingerprint density at radius 2 is 1.96 bits per heavy atom. The number of aromatic nitrogens is 1. The lowest BCUT2D eigenvalue weighted by Gasteiger charge is -2.36. The van der Waals surface area contributed by atoms with E-state index in [-0.39, 0.29) is 18.1 Å². The van der Waals surface area contributed by atoms with Gasteiger partial charge in [-0.05, 0) is 38.0 Å². The molecule has 1 fully saturated rings. The van der Waals surface area contributed by atoms with Gasteiger partial charge in [-0.15, -0.1) is 0 Å². The zero-order valence-corrected chi connectivity index (χ0v) is 14.4. The molecular weight excluding hydrogens is 349 g/mol. The average molecular weight is 370 g/mol. The van der Waals surface area contributed by atoms with Crippen molar-refractivity contribution in [2.75, 3.05) is 19.7 Å². The number of nitrogens with zero attached hydrogens (tertiary/aromatic N) is 2. The SMILES string of the molecule is Cc1oc(-c2cccc(C(F)(F)F)c2)nc1CN1CCC(O)(CO)CC1. The molecule has 0 atom stereocenters. The van der Waals surface area contributed by atoms with Crippen LogP contribution in [-0.4, -0.2) is 45.4 Å². The van der Waals surface area contributed by atoms with Crippen molar-refractivity contribution >= 4 is 0 Å². The number of hydrogen-bond acceptors (Lipinski definition) is 5. The van der Waals surface area contributed by atoms with E-state index < -0.39 is 17.3 Å². The number of aryl methyl sites for hydroxylation is 1. The van der Waals surface area contributed by atoms with Gasteiger partial charge in [0, 0.05) is 25.2 Å². The first-order valence-electron chi connectivity index (χ1n) is 8.40. The molecule has 2 N–H and O–H groups in total. The van der Waals surface area contributed by atoms with Gasteiger partial charge < -0.3 is 14.6 Å². The summed E-state index contributed by atoms with van der Waals surface area (Å²) >= 11 is 0. The first-order chi connectivity index (χ1) is 12.2. The van der Waals surface area contributed by atoms with Gasteiger partial charge in [0.1, 0.15) is 5.76 Å². The lowest BCUT2D eigenvalue weighted by molar-refractivity contribution is -0.137. The first-order valence-corrected chi connectivity index (χ1v) is 8.40. The van der Waals surface area contributed by atoms with E-state index in [0.717, 1.165) is 12.1 Å². The molecule has 5 nitrogen and oxygen atoms in total. The number of rotatable bonds is 4.